The first-order chi connectivity index (χ1) is 11.4. The Kier molecular flexibility index (Phi) is 3.07. The summed E-state index contributed by atoms with van der Waals surface area (Å²) in [4.78, 5) is 12.0. The Morgan fingerprint density at radius 3 is 2.88 bits per heavy atom. The molecular formula is C21H30O3. The lowest BCUT2D eigenvalue weighted by Gasteiger charge is -2.55. The summed E-state index contributed by atoms with van der Waals surface area (Å²) in [5.74, 6) is 1.74. The van der Waals surface area contributed by atoms with E-state index in [1.165, 1.54) is 19.3 Å². The standard InChI is InChI=1S/C21H30O3/c1-19-9-7-14(22)11-13(19)3-4-15-16(19)8-10-21-12-24-20(2,23)18(21)6-5-17(15)21/h8,13,15,17-18,23H,3-7,9-12H2,1-2H3/t13-,15+,17+,18+,19-,20-,21+/m1/s1. The van der Waals surface area contributed by atoms with E-state index in [1.54, 1.807) is 5.57 Å². The number of hydrogen-bond donors (Lipinski definition) is 1. The van der Waals surface area contributed by atoms with E-state index in [0.717, 1.165) is 38.7 Å². The first-order valence-corrected chi connectivity index (χ1v) is 9.95. The second-order valence-corrected chi connectivity index (χ2v) is 9.72. The fourth-order valence-electron chi connectivity index (χ4n) is 7.59. The van der Waals surface area contributed by atoms with Gasteiger partial charge in [-0.1, -0.05) is 18.6 Å². The quantitative estimate of drug-likeness (QED) is 0.686. The van der Waals surface area contributed by atoms with Crippen molar-refractivity contribution >= 4 is 5.78 Å². The monoisotopic (exact) mass is 330 g/mol. The Labute approximate surface area is 144 Å². The Balaban J connectivity index is 1.53. The van der Waals surface area contributed by atoms with E-state index in [0.29, 0.717) is 29.5 Å². The topological polar surface area (TPSA) is 46.5 Å². The van der Waals surface area contributed by atoms with Crippen LogP contribution < -0.4 is 0 Å². The maximum Gasteiger partial charge on any atom is 0.166 e. The van der Waals surface area contributed by atoms with Crippen LogP contribution in [0.3, 0.4) is 0 Å². The summed E-state index contributed by atoms with van der Waals surface area (Å²) in [5.41, 5.74) is 2.10. The maximum atomic E-state index is 12.0. The molecule has 0 amide bonds. The molecule has 132 valence electrons. The summed E-state index contributed by atoms with van der Waals surface area (Å²) in [6.45, 7) is 5.04. The van der Waals surface area contributed by atoms with Crippen molar-refractivity contribution in [2.24, 2.45) is 34.5 Å². The van der Waals surface area contributed by atoms with Gasteiger partial charge in [0.1, 0.15) is 5.78 Å². The fourth-order valence-corrected chi connectivity index (χ4v) is 7.59. The van der Waals surface area contributed by atoms with E-state index < -0.39 is 5.79 Å². The molecular weight excluding hydrogens is 300 g/mol. The molecule has 5 aliphatic rings. The van der Waals surface area contributed by atoms with E-state index in [9.17, 15) is 9.90 Å². The van der Waals surface area contributed by atoms with Gasteiger partial charge in [0.25, 0.3) is 0 Å². The second-order valence-electron chi connectivity index (χ2n) is 9.72. The van der Waals surface area contributed by atoms with Crippen molar-refractivity contribution in [3.63, 3.8) is 0 Å². The predicted octanol–water partition coefficient (Wildman–Crippen LogP) is 3.85. The van der Waals surface area contributed by atoms with Gasteiger partial charge < -0.3 is 9.84 Å². The highest BCUT2D eigenvalue weighted by Gasteiger charge is 2.65. The number of fused-ring (bicyclic) bond motifs is 4. The van der Waals surface area contributed by atoms with E-state index >= 15 is 0 Å². The average molecular weight is 330 g/mol. The zero-order chi connectivity index (χ0) is 16.7. The molecule has 0 aromatic carbocycles. The Bertz CT molecular complexity index is 621. The van der Waals surface area contributed by atoms with Gasteiger partial charge in [-0.25, -0.2) is 0 Å². The smallest absolute Gasteiger partial charge is 0.166 e. The number of ketones is 1. The van der Waals surface area contributed by atoms with Gasteiger partial charge in [-0.3, -0.25) is 4.79 Å². The molecule has 7 atom stereocenters. The summed E-state index contributed by atoms with van der Waals surface area (Å²) in [6.07, 6.45) is 11.0. The zero-order valence-electron chi connectivity index (χ0n) is 15.0. The number of carbonyl (C=O) groups excluding carboxylic acids is 1. The third kappa shape index (κ3) is 1.78. The minimum absolute atomic E-state index is 0.172. The first kappa shape index (κ1) is 15.6. The van der Waals surface area contributed by atoms with Crippen molar-refractivity contribution in [3.8, 4) is 0 Å². The molecule has 0 bridgehead atoms. The van der Waals surface area contributed by atoms with Gasteiger partial charge in [-0.15, -0.1) is 0 Å². The van der Waals surface area contributed by atoms with Crippen LogP contribution in [-0.4, -0.2) is 23.3 Å². The molecule has 4 fully saturated rings. The molecule has 1 N–H and O–H groups in total. The fraction of sp³-hybridized carbons (Fsp3) is 0.857. The van der Waals surface area contributed by atoms with Crippen LogP contribution in [0.4, 0.5) is 0 Å². The van der Waals surface area contributed by atoms with E-state index in [2.05, 4.69) is 13.0 Å². The van der Waals surface area contributed by atoms with Crippen molar-refractivity contribution in [2.45, 2.75) is 71.0 Å². The van der Waals surface area contributed by atoms with E-state index in [4.69, 9.17) is 4.74 Å². The van der Waals surface area contributed by atoms with Gasteiger partial charge in [0.2, 0.25) is 0 Å². The average Bonchev–Trinajstić information content (AvgIpc) is 3.04. The number of rotatable bonds is 0. The Morgan fingerprint density at radius 1 is 1.21 bits per heavy atom. The van der Waals surface area contributed by atoms with Gasteiger partial charge in [0.05, 0.1) is 6.61 Å². The number of allylic oxidation sites excluding steroid dienone is 2. The van der Waals surface area contributed by atoms with Crippen LogP contribution in [0.25, 0.3) is 0 Å². The Hall–Kier alpha value is -0.670. The minimum atomic E-state index is -0.932. The SMILES string of the molecule is C[C@@]12CCC(=O)C[C@H]1CC[C@H]1C2=CC[C@@]23CO[C@@](C)(O)[C@@H]2CC[C@@H]13. The van der Waals surface area contributed by atoms with Gasteiger partial charge >= 0.3 is 0 Å². The van der Waals surface area contributed by atoms with Gasteiger partial charge in [-0.05, 0) is 68.6 Å². The molecule has 0 aromatic rings. The molecule has 0 unspecified atom stereocenters. The maximum absolute atomic E-state index is 12.0. The lowest BCUT2D eigenvalue weighted by molar-refractivity contribution is -0.180. The molecule has 24 heavy (non-hydrogen) atoms. The number of hydrogen-bond acceptors (Lipinski definition) is 3. The normalized spacial score (nSPS) is 56.1. The highest BCUT2D eigenvalue weighted by molar-refractivity contribution is 5.80. The molecule has 1 spiro atoms. The van der Waals surface area contributed by atoms with Gasteiger partial charge in [0, 0.05) is 24.2 Å². The molecule has 1 aliphatic heterocycles. The molecule has 0 radical (unpaired) electrons. The van der Waals surface area contributed by atoms with Crippen molar-refractivity contribution in [1.82, 2.24) is 0 Å². The molecule has 1 heterocycles. The summed E-state index contributed by atoms with van der Waals surface area (Å²) >= 11 is 0. The Morgan fingerprint density at radius 2 is 2.04 bits per heavy atom. The third-order valence-corrected chi connectivity index (χ3v) is 8.85. The minimum Gasteiger partial charge on any atom is -0.365 e. The van der Waals surface area contributed by atoms with E-state index in [1.807, 2.05) is 6.92 Å². The van der Waals surface area contributed by atoms with Crippen LogP contribution in [0.5, 0.6) is 0 Å². The van der Waals surface area contributed by atoms with Crippen LogP contribution >= 0.6 is 0 Å². The van der Waals surface area contributed by atoms with Crippen LogP contribution in [0.15, 0.2) is 11.6 Å². The zero-order valence-corrected chi connectivity index (χ0v) is 15.0. The second kappa shape index (κ2) is 4.73. The molecule has 1 saturated heterocycles. The van der Waals surface area contributed by atoms with Crippen molar-refractivity contribution in [1.29, 1.82) is 0 Å². The lowest BCUT2D eigenvalue weighted by Crippen LogP contribution is -2.49. The number of carbonyl (C=O) groups is 1. The largest absolute Gasteiger partial charge is 0.365 e. The summed E-state index contributed by atoms with van der Waals surface area (Å²) in [6, 6.07) is 0. The number of Topliss-reactive ketones (excluding diaryl/α,β-unsaturated/α-hetero) is 1. The van der Waals surface area contributed by atoms with E-state index in [-0.39, 0.29) is 10.8 Å². The van der Waals surface area contributed by atoms with Crippen molar-refractivity contribution in [2.75, 3.05) is 6.61 Å². The molecule has 0 aromatic heterocycles. The lowest BCUT2D eigenvalue weighted by atomic mass is 9.48. The van der Waals surface area contributed by atoms with Crippen molar-refractivity contribution < 1.29 is 14.6 Å². The summed E-state index contributed by atoms with van der Waals surface area (Å²) in [5, 5.41) is 10.7. The first-order valence-electron chi connectivity index (χ1n) is 9.95. The third-order valence-electron chi connectivity index (χ3n) is 8.85. The molecule has 3 heteroatoms. The van der Waals surface area contributed by atoms with Gasteiger partial charge in [-0.2, -0.15) is 0 Å². The van der Waals surface area contributed by atoms with Crippen LogP contribution in [0, 0.1) is 34.5 Å². The highest BCUT2D eigenvalue weighted by Crippen LogP contribution is 2.68. The molecule has 5 rings (SSSR count). The van der Waals surface area contributed by atoms with Crippen LogP contribution in [-0.2, 0) is 9.53 Å². The van der Waals surface area contributed by atoms with Crippen molar-refractivity contribution in [3.05, 3.63) is 11.6 Å². The highest BCUT2D eigenvalue weighted by atomic mass is 16.6. The van der Waals surface area contributed by atoms with Gasteiger partial charge in [0.15, 0.2) is 5.79 Å². The number of aliphatic hydroxyl groups is 1. The number of ether oxygens (including phenoxy) is 1. The molecule has 3 nitrogen and oxygen atoms in total. The van der Waals surface area contributed by atoms with Crippen LogP contribution in [0.2, 0.25) is 0 Å². The molecule has 4 aliphatic carbocycles. The predicted molar refractivity (Wildman–Crippen MR) is 91.1 cm³/mol. The summed E-state index contributed by atoms with van der Waals surface area (Å²) < 4.78 is 5.87. The molecule has 3 saturated carbocycles. The van der Waals surface area contributed by atoms with Crippen LogP contribution in [0.1, 0.15) is 65.2 Å². The summed E-state index contributed by atoms with van der Waals surface area (Å²) in [7, 11) is 0.